The number of benzene rings is 2. The van der Waals surface area contributed by atoms with Gasteiger partial charge in [0.25, 0.3) is 5.91 Å². The van der Waals surface area contributed by atoms with Gasteiger partial charge in [-0.25, -0.2) is 8.42 Å². The van der Waals surface area contributed by atoms with Gasteiger partial charge in [-0.15, -0.1) is 0 Å². The molecular weight excluding hydrogens is 418 g/mol. The average Bonchev–Trinajstić information content (AvgIpc) is 2.78. The lowest BCUT2D eigenvalue weighted by Crippen LogP contribution is -2.43. The number of carbonyl (C=O) groups is 2. The monoisotopic (exact) mass is 443 g/mol. The van der Waals surface area contributed by atoms with Gasteiger partial charge < -0.3 is 15.4 Å². The summed E-state index contributed by atoms with van der Waals surface area (Å²) in [6.45, 7) is 2.41. The van der Waals surface area contributed by atoms with Crippen LogP contribution in [0.4, 0.5) is 11.4 Å². The molecule has 2 aromatic rings. The summed E-state index contributed by atoms with van der Waals surface area (Å²) < 4.78 is 33.1. The highest BCUT2D eigenvalue weighted by molar-refractivity contribution is 7.89. The van der Waals surface area contributed by atoms with Crippen LogP contribution in [0.1, 0.15) is 25.3 Å². The quantitative estimate of drug-likeness (QED) is 0.739. The Morgan fingerprint density at radius 1 is 1.26 bits per heavy atom. The molecule has 0 aromatic heterocycles. The Hall–Kier alpha value is -2.91. The number of carbonyl (C=O) groups excluding carboxylic acids is 2. The molecule has 1 atom stereocenters. The first-order chi connectivity index (χ1) is 14.9. The van der Waals surface area contributed by atoms with E-state index in [0.29, 0.717) is 30.8 Å². The van der Waals surface area contributed by atoms with Gasteiger partial charge >= 0.3 is 0 Å². The van der Waals surface area contributed by atoms with Crippen molar-refractivity contribution < 1.29 is 22.7 Å². The van der Waals surface area contributed by atoms with E-state index < -0.39 is 15.9 Å². The van der Waals surface area contributed by atoms with Gasteiger partial charge in [0.05, 0.1) is 16.5 Å². The number of nitrogens with zero attached hydrogens (tertiary/aromatic N) is 1. The third-order valence-corrected chi connectivity index (χ3v) is 7.44. The number of anilines is 2. The molecule has 2 N–H and O–H groups in total. The molecule has 0 saturated carbocycles. The number of nitrogens with one attached hydrogen (secondary N) is 2. The number of amides is 2. The van der Waals surface area contributed by atoms with Crippen molar-refractivity contribution in [2.24, 2.45) is 5.92 Å². The Balaban J connectivity index is 1.49. The molecular formula is C22H25N3O5S. The maximum absolute atomic E-state index is 13.2. The molecule has 8 nitrogen and oxygen atoms in total. The number of hydrogen-bond donors (Lipinski definition) is 2. The van der Waals surface area contributed by atoms with Gasteiger partial charge in [0.1, 0.15) is 5.75 Å². The molecule has 31 heavy (non-hydrogen) atoms. The minimum absolute atomic E-state index is 0.0637. The zero-order chi connectivity index (χ0) is 22.0. The number of ether oxygens (including phenoxy) is 1. The summed E-state index contributed by atoms with van der Waals surface area (Å²) in [7, 11) is -3.82. The predicted molar refractivity (Wildman–Crippen MR) is 116 cm³/mol. The Morgan fingerprint density at radius 3 is 2.90 bits per heavy atom. The topological polar surface area (TPSA) is 105 Å². The summed E-state index contributed by atoms with van der Waals surface area (Å²) >= 11 is 0. The SMILES string of the molecule is CCc1cccc(NC(=O)[C@H]2CCCN(S(=O)(=O)c3ccc4c(c3)NC(=O)CO4)C2)c1. The van der Waals surface area contributed by atoms with Gasteiger partial charge in [-0.3, -0.25) is 9.59 Å². The number of sulfonamides is 1. The van der Waals surface area contributed by atoms with E-state index >= 15 is 0 Å². The molecule has 0 aliphatic carbocycles. The Kier molecular flexibility index (Phi) is 5.97. The molecule has 2 aromatic carbocycles. The van der Waals surface area contributed by atoms with Crippen LogP contribution in [0.25, 0.3) is 0 Å². The standard InChI is InChI=1S/C22H25N3O5S/c1-2-15-5-3-7-17(11-15)23-22(27)16-6-4-10-25(13-16)31(28,29)18-8-9-20-19(12-18)24-21(26)14-30-20/h3,5,7-9,11-12,16H,2,4,6,10,13-14H2,1H3,(H,23,27)(H,24,26)/t16-/m0/s1. The molecule has 4 rings (SSSR count). The van der Waals surface area contributed by atoms with E-state index in [4.69, 9.17) is 4.74 Å². The van der Waals surface area contributed by atoms with E-state index in [0.717, 1.165) is 17.7 Å². The summed E-state index contributed by atoms with van der Waals surface area (Å²) in [6.07, 6.45) is 2.09. The third-order valence-electron chi connectivity index (χ3n) is 5.58. The van der Waals surface area contributed by atoms with E-state index in [1.807, 2.05) is 31.2 Å². The smallest absolute Gasteiger partial charge is 0.262 e. The van der Waals surface area contributed by atoms with Crippen LogP contribution >= 0.6 is 0 Å². The van der Waals surface area contributed by atoms with Crippen molar-refractivity contribution in [3.05, 3.63) is 48.0 Å². The second-order valence-corrected chi connectivity index (χ2v) is 9.68. The first-order valence-electron chi connectivity index (χ1n) is 10.3. The van der Waals surface area contributed by atoms with Crippen molar-refractivity contribution in [3.8, 4) is 5.75 Å². The second kappa shape index (κ2) is 8.68. The minimum atomic E-state index is -3.82. The van der Waals surface area contributed by atoms with E-state index in [1.165, 1.54) is 22.5 Å². The Morgan fingerprint density at radius 2 is 2.10 bits per heavy atom. The molecule has 0 bridgehead atoms. The molecule has 9 heteroatoms. The summed E-state index contributed by atoms with van der Waals surface area (Å²) in [5.41, 5.74) is 2.17. The predicted octanol–water partition coefficient (Wildman–Crippen LogP) is 2.62. The normalized spacial score (nSPS) is 19.1. The first kappa shape index (κ1) is 21.3. The van der Waals surface area contributed by atoms with Crippen LogP contribution in [-0.4, -0.2) is 44.2 Å². The zero-order valence-corrected chi connectivity index (χ0v) is 18.1. The van der Waals surface area contributed by atoms with Gasteiger partial charge in [-0.2, -0.15) is 4.31 Å². The molecule has 2 aliphatic rings. The fourth-order valence-corrected chi connectivity index (χ4v) is 5.41. The molecule has 2 heterocycles. The van der Waals surface area contributed by atoms with E-state index in [2.05, 4.69) is 10.6 Å². The van der Waals surface area contributed by atoms with Gasteiger partial charge in [0.15, 0.2) is 6.61 Å². The molecule has 2 aliphatic heterocycles. The lowest BCUT2D eigenvalue weighted by Gasteiger charge is -2.31. The highest BCUT2D eigenvalue weighted by Crippen LogP contribution is 2.32. The Labute approximate surface area is 181 Å². The van der Waals surface area contributed by atoms with E-state index in [1.54, 1.807) is 0 Å². The molecule has 2 amide bonds. The first-order valence-corrected chi connectivity index (χ1v) is 11.8. The summed E-state index contributed by atoms with van der Waals surface area (Å²) in [5.74, 6) is -0.513. The zero-order valence-electron chi connectivity index (χ0n) is 17.3. The fraction of sp³-hybridized carbons (Fsp3) is 0.364. The largest absolute Gasteiger partial charge is 0.482 e. The molecule has 0 radical (unpaired) electrons. The van der Waals surface area contributed by atoms with Crippen molar-refractivity contribution >= 4 is 33.2 Å². The highest BCUT2D eigenvalue weighted by atomic mass is 32.2. The van der Waals surface area contributed by atoms with Crippen LogP contribution in [0.15, 0.2) is 47.4 Å². The molecule has 0 unspecified atom stereocenters. The molecule has 0 spiro atoms. The minimum Gasteiger partial charge on any atom is -0.482 e. The fourth-order valence-electron chi connectivity index (χ4n) is 3.86. The maximum atomic E-state index is 13.2. The maximum Gasteiger partial charge on any atom is 0.262 e. The van der Waals surface area contributed by atoms with Crippen molar-refractivity contribution in [2.75, 3.05) is 30.3 Å². The van der Waals surface area contributed by atoms with Gasteiger partial charge in [0.2, 0.25) is 15.9 Å². The van der Waals surface area contributed by atoms with Crippen molar-refractivity contribution in [3.63, 3.8) is 0 Å². The second-order valence-electron chi connectivity index (χ2n) is 7.74. The Bertz CT molecular complexity index is 1120. The van der Waals surface area contributed by atoms with E-state index in [9.17, 15) is 18.0 Å². The third kappa shape index (κ3) is 4.57. The number of piperidine rings is 1. The highest BCUT2D eigenvalue weighted by Gasteiger charge is 2.34. The van der Waals surface area contributed by atoms with Crippen LogP contribution in [0, 0.1) is 5.92 Å². The van der Waals surface area contributed by atoms with Crippen LogP contribution in [-0.2, 0) is 26.0 Å². The summed E-state index contributed by atoms with van der Waals surface area (Å²) in [4.78, 5) is 24.4. The number of aryl methyl sites for hydroxylation is 1. The van der Waals surface area contributed by atoms with Crippen LogP contribution in [0.5, 0.6) is 5.75 Å². The number of fused-ring (bicyclic) bond motifs is 1. The van der Waals surface area contributed by atoms with Crippen molar-refractivity contribution in [1.82, 2.24) is 4.31 Å². The average molecular weight is 444 g/mol. The number of rotatable bonds is 5. The molecule has 164 valence electrons. The number of hydrogen-bond acceptors (Lipinski definition) is 5. The summed E-state index contributed by atoms with van der Waals surface area (Å²) in [5, 5.41) is 5.55. The summed E-state index contributed by atoms with van der Waals surface area (Å²) in [6, 6.07) is 12.1. The molecule has 1 saturated heterocycles. The van der Waals surface area contributed by atoms with Gasteiger partial charge in [-0.05, 0) is 55.2 Å². The van der Waals surface area contributed by atoms with Crippen LogP contribution in [0.2, 0.25) is 0 Å². The van der Waals surface area contributed by atoms with Crippen molar-refractivity contribution in [2.45, 2.75) is 31.1 Å². The molecule has 1 fully saturated rings. The van der Waals surface area contributed by atoms with E-state index in [-0.39, 0.29) is 29.9 Å². The van der Waals surface area contributed by atoms with Gasteiger partial charge in [-0.1, -0.05) is 19.1 Å². The van der Waals surface area contributed by atoms with Crippen molar-refractivity contribution in [1.29, 1.82) is 0 Å². The lowest BCUT2D eigenvalue weighted by molar-refractivity contribution is -0.121. The van der Waals surface area contributed by atoms with Gasteiger partial charge in [0, 0.05) is 18.8 Å². The van der Waals surface area contributed by atoms with Crippen LogP contribution < -0.4 is 15.4 Å². The van der Waals surface area contributed by atoms with Crippen LogP contribution in [0.3, 0.4) is 0 Å². The lowest BCUT2D eigenvalue weighted by atomic mass is 9.98.